The smallest absolute Gasteiger partial charge is 0.405 e. The average molecular weight is 279 g/mol. The van der Waals surface area contributed by atoms with Gasteiger partial charge in [0.25, 0.3) is 0 Å². The molecule has 2 atom stereocenters. The fourth-order valence-electron chi connectivity index (χ4n) is 1.09. The molecule has 0 aliphatic rings. The van der Waals surface area contributed by atoms with Gasteiger partial charge < -0.3 is 15.5 Å². The molecule has 1 aromatic carbocycles. The predicted octanol–water partition coefficient (Wildman–Crippen LogP) is 1.89. The van der Waals surface area contributed by atoms with E-state index >= 15 is 0 Å². The second-order valence-electron chi connectivity index (χ2n) is 2.78. The maximum absolute atomic E-state index is 13.0. The van der Waals surface area contributed by atoms with E-state index in [4.69, 9.17) is 11.6 Å². The van der Waals surface area contributed by atoms with E-state index in [0.717, 1.165) is 6.07 Å². The van der Waals surface area contributed by atoms with E-state index in [1.807, 2.05) is 5.32 Å². The Kier molecular flexibility index (Phi) is 3.52. The normalized spacial score (nSPS) is 15.3. The summed E-state index contributed by atoms with van der Waals surface area (Å²) in [5.41, 5.74) is 0.178. The third kappa shape index (κ3) is 3.49. The van der Waals surface area contributed by atoms with Crippen LogP contribution in [0.2, 0.25) is 0 Å². The summed E-state index contributed by atoms with van der Waals surface area (Å²) in [4.78, 5) is 10.4. The molecule has 0 saturated heterocycles. The molecule has 0 spiro atoms. The van der Waals surface area contributed by atoms with Crippen molar-refractivity contribution in [2.24, 2.45) is 0 Å². The van der Waals surface area contributed by atoms with Crippen molar-refractivity contribution in [3.05, 3.63) is 34.1 Å². The monoisotopic (exact) mass is 278 g/mol. The van der Waals surface area contributed by atoms with E-state index in [1.54, 1.807) is 0 Å². The Morgan fingerprint density at radius 2 is 2.33 bits per heavy atom. The molecular formula is C9H9BrFNO3. The zero-order valence-electron chi connectivity index (χ0n) is 8.45. The van der Waals surface area contributed by atoms with Gasteiger partial charge in [-0.2, -0.15) is 0 Å². The largest absolute Gasteiger partial charge is 0.465 e. The molecule has 0 heterocycles. The Balaban J connectivity index is 3.05. The SMILES string of the molecule is [2H]C(O)C(NC(=O)O)c1cc(F)cc(Br)c1. The topological polar surface area (TPSA) is 69.6 Å². The predicted molar refractivity (Wildman–Crippen MR) is 55.1 cm³/mol. The molecular weight excluding hydrogens is 269 g/mol. The molecule has 1 amide bonds. The molecule has 2 unspecified atom stereocenters. The van der Waals surface area contributed by atoms with Gasteiger partial charge in [-0.05, 0) is 23.8 Å². The number of aliphatic hydroxyl groups excluding tert-OH is 1. The Labute approximate surface area is 95.3 Å². The summed E-state index contributed by atoms with van der Waals surface area (Å²) in [5, 5.41) is 19.6. The van der Waals surface area contributed by atoms with Crippen molar-refractivity contribution in [3.63, 3.8) is 0 Å². The lowest BCUT2D eigenvalue weighted by Gasteiger charge is -2.14. The summed E-state index contributed by atoms with van der Waals surface area (Å²) >= 11 is 3.04. The summed E-state index contributed by atoms with van der Waals surface area (Å²) in [5.74, 6) is -0.581. The number of amides is 1. The molecule has 0 aliphatic heterocycles. The van der Waals surface area contributed by atoms with Crippen LogP contribution in [0.5, 0.6) is 0 Å². The Morgan fingerprint density at radius 1 is 1.67 bits per heavy atom. The molecule has 3 N–H and O–H groups in total. The van der Waals surface area contributed by atoms with Gasteiger partial charge in [0, 0.05) is 4.47 Å². The molecule has 1 aromatic rings. The Morgan fingerprint density at radius 3 is 2.80 bits per heavy atom. The van der Waals surface area contributed by atoms with Crippen LogP contribution in [0, 0.1) is 5.82 Å². The van der Waals surface area contributed by atoms with Crippen molar-refractivity contribution in [2.45, 2.75) is 6.04 Å². The molecule has 82 valence electrons. The lowest BCUT2D eigenvalue weighted by atomic mass is 10.1. The van der Waals surface area contributed by atoms with Crippen LogP contribution in [0.3, 0.4) is 0 Å². The number of benzene rings is 1. The lowest BCUT2D eigenvalue weighted by molar-refractivity contribution is 0.177. The maximum Gasteiger partial charge on any atom is 0.405 e. The van der Waals surface area contributed by atoms with Crippen LogP contribution < -0.4 is 5.32 Å². The minimum Gasteiger partial charge on any atom is -0.465 e. The van der Waals surface area contributed by atoms with Crippen LogP contribution >= 0.6 is 15.9 Å². The summed E-state index contributed by atoms with van der Waals surface area (Å²) in [6.45, 7) is -1.70. The molecule has 0 aromatic heterocycles. The zero-order valence-corrected chi connectivity index (χ0v) is 9.03. The second-order valence-corrected chi connectivity index (χ2v) is 3.69. The number of hydrogen-bond acceptors (Lipinski definition) is 2. The Hall–Kier alpha value is -1.14. The molecule has 15 heavy (non-hydrogen) atoms. The summed E-state index contributed by atoms with van der Waals surface area (Å²) in [6, 6.07) is 2.49. The van der Waals surface area contributed by atoms with Crippen LogP contribution in [-0.4, -0.2) is 22.9 Å². The number of hydrogen-bond donors (Lipinski definition) is 3. The first-order valence-electron chi connectivity index (χ1n) is 4.53. The standard InChI is InChI=1S/C9H9BrFNO3/c10-6-1-5(2-7(11)3-6)8(4-13)12-9(14)15/h1-3,8,12-13H,4H2,(H,14,15)/i4D. The number of carbonyl (C=O) groups is 1. The molecule has 0 bridgehead atoms. The van der Waals surface area contributed by atoms with Crippen molar-refractivity contribution >= 4 is 22.0 Å². The fourth-order valence-corrected chi connectivity index (χ4v) is 1.58. The molecule has 4 nitrogen and oxygen atoms in total. The number of halogens is 2. The van der Waals surface area contributed by atoms with Gasteiger partial charge in [-0.1, -0.05) is 15.9 Å². The van der Waals surface area contributed by atoms with Gasteiger partial charge >= 0.3 is 6.09 Å². The average Bonchev–Trinajstić information content (AvgIpc) is 2.11. The fraction of sp³-hybridized carbons (Fsp3) is 0.222. The third-order valence-corrected chi connectivity index (χ3v) is 2.13. The number of carboxylic acid groups (broad SMARTS) is 1. The quantitative estimate of drug-likeness (QED) is 0.791. The highest BCUT2D eigenvalue weighted by atomic mass is 79.9. The highest BCUT2D eigenvalue weighted by molar-refractivity contribution is 9.10. The second kappa shape index (κ2) is 5.09. The van der Waals surface area contributed by atoms with Crippen molar-refractivity contribution in [1.82, 2.24) is 5.32 Å². The zero-order chi connectivity index (χ0) is 12.3. The van der Waals surface area contributed by atoms with E-state index in [9.17, 15) is 9.18 Å². The van der Waals surface area contributed by atoms with Crippen molar-refractivity contribution in [3.8, 4) is 0 Å². The molecule has 0 radical (unpaired) electrons. The van der Waals surface area contributed by atoms with Crippen LogP contribution in [-0.2, 0) is 0 Å². The highest BCUT2D eigenvalue weighted by Gasteiger charge is 2.14. The number of rotatable bonds is 3. The summed E-state index contributed by atoms with van der Waals surface area (Å²) in [7, 11) is 0. The van der Waals surface area contributed by atoms with Crippen molar-refractivity contribution in [1.29, 1.82) is 0 Å². The van der Waals surface area contributed by atoms with E-state index in [0.29, 0.717) is 4.47 Å². The third-order valence-electron chi connectivity index (χ3n) is 1.67. The van der Waals surface area contributed by atoms with E-state index in [-0.39, 0.29) is 5.56 Å². The van der Waals surface area contributed by atoms with Crippen molar-refractivity contribution in [2.75, 3.05) is 6.58 Å². The van der Waals surface area contributed by atoms with Gasteiger partial charge in [-0.25, -0.2) is 9.18 Å². The molecule has 0 saturated carbocycles. The first-order valence-corrected chi connectivity index (χ1v) is 4.75. The molecule has 1 rings (SSSR count). The van der Waals surface area contributed by atoms with E-state index in [1.165, 1.54) is 12.1 Å². The van der Waals surface area contributed by atoms with Gasteiger partial charge in [0.05, 0.1) is 14.0 Å². The summed E-state index contributed by atoms with van der Waals surface area (Å²) in [6.07, 6.45) is -1.39. The van der Waals surface area contributed by atoms with Crippen LogP contribution in [0.25, 0.3) is 0 Å². The van der Waals surface area contributed by atoms with E-state index in [2.05, 4.69) is 15.9 Å². The maximum atomic E-state index is 13.0. The minimum atomic E-state index is -1.70. The molecule has 0 aliphatic carbocycles. The van der Waals surface area contributed by atoms with Gasteiger partial charge in [-0.3, -0.25) is 0 Å². The van der Waals surface area contributed by atoms with Crippen LogP contribution in [0.1, 0.15) is 13.0 Å². The van der Waals surface area contributed by atoms with Gasteiger partial charge in [0.2, 0.25) is 0 Å². The number of aliphatic hydroxyl groups is 1. The summed E-state index contributed by atoms with van der Waals surface area (Å²) < 4.78 is 20.5. The lowest BCUT2D eigenvalue weighted by Crippen LogP contribution is -2.29. The van der Waals surface area contributed by atoms with E-state index < -0.39 is 24.5 Å². The van der Waals surface area contributed by atoms with Gasteiger partial charge in [0.15, 0.2) is 0 Å². The first kappa shape index (κ1) is 10.4. The highest BCUT2D eigenvalue weighted by Crippen LogP contribution is 2.20. The van der Waals surface area contributed by atoms with Crippen molar-refractivity contribution < 1.29 is 20.8 Å². The molecule has 0 fully saturated rings. The minimum absolute atomic E-state index is 0.178. The van der Waals surface area contributed by atoms with Crippen LogP contribution in [0.15, 0.2) is 22.7 Å². The first-order chi connectivity index (χ1) is 7.40. The van der Waals surface area contributed by atoms with Gasteiger partial charge in [0.1, 0.15) is 5.82 Å². The molecule has 6 heteroatoms. The Bertz CT molecular complexity index is 382. The van der Waals surface area contributed by atoms with Crippen LogP contribution in [0.4, 0.5) is 9.18 Å². The van der Waals surface area contributed by atoms with Gasteiger partial charge in [-0.15, -0.1) is 0 Å². The number of nitrogens with one attached hydrogen (secondary N) is 1.